The van der Waals surface area contributed by atoms with Crippen molar-refractivity contribution in [2.75, 3.05) is 0 Å². The van der Waals surface area contributed by atoms with Crippen molar-refractivity contribution in [2.24, 2.45) is 7.05 Å². The highest BCUT2D eigenvalue weighted by atomic mass is 16.2. The number of aliphatic hydroxyl groups is 1. The average molecular weight is 202 g/mol. The molecular formula is C11H10N2O2. The molecule has 4 nitrogen and oxygen atoms in total. The molecule has 0 saturated carbocycles. The van der Waals surface area contributed by atoms with E-state index < -0.39 is 0 Å². The number of aromatic nitrogens is 2. The highest BCUT2D eigenvalue weighted by Crippen LogP contribution is 2.14. The van der Waals surface area contributed by atoms with Crippen LogP contribution in [0, 0.1) is 0 Å². The van der Waals surface area contributed by atoms with E-state index in [-0.39, 0.29) is 5.78 Å². The molecule has 2 aromatic rings. The molecule has 2 rings (SSSR count). The van der Waals surface area contributed by atoms with Crippen LogP contribution >= 0.6 is 0 Å². The third-order valence-corrected chi connectivity index (χ3v) is 2.23. The van der Waals surface area contributed by atoms with Crippen LogP contribution in [0.3, 0.4) is 0 Å². The summed E-state index contributed by atoms with van der Waals surface area (Å²) in [6.07, 6.45) is 1.81. The second-order valence-corrected chi connectivity index (χ2v) is 3.16. The third kappa shape index (κ3) is 1.50. The number of allylic oxidation sites excluding steroid dienone is 1. The topological polar surface area (TPSA) is 55.1 Å². The average Bonchev–Trinajstić information content (AvgIpc) is 2.57. The van der Waals surface area contributed by atoms with E-state index >= 15 is 0 Å². The van der Waals surface area contributed by atoms with Gasteiger partial charge in [-0.15, -0.1) is 0 Å². The molecule has 0 aliphatic rings. The molecule has 15 heavy (non-hydrogen) atoms. The maximum absolute atomic E-state index is 11.5. The number of imidazole rings is 1. The van der Waals surface area contributed by atoms with E-state index in [2.05, 4.69) is 4.98 Å². The number of rotatable bonds is 2. The molecule has 0 bridgehead atoms. The van der Waals surface area contributed by atoms with Gasteiger partial charge in [-0.05, 0) is 12.1 Å². The van der Waals surface area contributed by atoms with Crippen LogP contribution in [0.2, 0.25) is 0 Å². The molecule has 1 aromatic carbocycles. The number of ketones is 1. The zero-order valence-corrected chi connectivity index (χ0v) is 8.21. The fourth-order valence-electron chi connectivity index (χ4n) is 1.51. The Morgan fingerprint density at radius 2 is 2.20 bits per heavy atom. The van der Waals surface area contributed by atoms with E-state index in [4.69, 9.17) is 5.11 Å². The van der Waals surface area contributed by atoms with Crippen molar-refractivity contribution in [1.82, 2.24) is 9.55 Å². The van der Waals surface area contributed by atoms with Gasteiger partial charge in [0, 0.05) is 13.1 Å². The van der Waals surface area contributed by atoms with Gasteiger partial charge in [-0.2, -0.15) is 0 Å². The number of carbonyl (C=O) groups is 1. The van der Waals surface area contributed by atoms with Crippen LogP contribution in [0.5, 0.6) is 0 Å². The van der Waals surface area contributed by atoms with Crippen molar-refractivity contribution in [2.45, 2.75) is 0 Å². The fraction of sp³-hybridized carbons (Fsp3) is 0.0909. The number of hydrogen-bond donors (Lipinski definition) is 1. The molecule has 1 heterocycles. The van der Waals surface area contributed by atoms with Crippen molar-refractivity contribution in [3.05, 3.63) is 42.4 Å². The number of nitrogens with zero attached hydrogens (tertiary/aromatic N) is 2. The van der Waals surface area contributed by atoms with Gasteiger partial charge in [0.15, 0.2) is 5.82 Å². The van der Waals surface area contributed by atoms with Crippen LogP contribution in [-0.2, 0) is 7.05 Å². The van der Waals surface area contributed by atoms with Crippen LogP contribution in [-0.4, -0.2) is 20.4 Å². The van der Waals surface area contributed by atoms with Gasteiger partial charge in [0.05, 0.1) is 17.3 Å². The second kappa shape index (κ2) is 3.57. The molecule has 1 aromatic heterocycles. The summed E-state index contributed by atoms with van der Waals surface area (Å²) in [5.74, 6) is 0.0118. The highest BCUT2D eigenvalue weighted by Gasteiger charge is 2.11. The first-order chi connectivity index (χ1) is 7.24. The summed E-state index contributed by atoms with van der Waals surface area (Å²) in [5.41, 5.74) is 1.67. The van der Waals surface area contributed by atoms with Crippen LogP contribution < -0.4 is 0 Å². The van der Waals surface area contributed by atoms with Crippen LogP contribution in [0.4, 0.5) is 0 Å². The summed E-state index contributed by atoms with van der Waals surface area (Å²) in [6, 6.07) is 7.49. The fourth-order valence-corrected chi connectivity index (χ4v) is 1.51. The molecule has 0 radical (unpaired) electrons. The maximum Gasteiger partial charge on any atom is 0.224 e. The molecular weight excluding hydrogens is 192 g/mol. The molecule has 0 amide bonds. The molecule has 76 valence electrons. The van der Waals surface area contributed by atoms with Crippen molar-refractivity contribution >= 4 is 16.8 Å². The Balaban J connectivity index is 2.63. The second-order valence-electron chi connectivity index (χ2n) is 3.16. The monoisotopic (exact) mass is 202 g/mol. The maximum atomic E-state index is 11.5. The Labute approximate surface area is 86.5 Å². The van der Waals surface area contributed by atoms with E-state index in [1.54, 1.807) is 11.6 Å². The standard InChI is InChI=1S/C11H10N2O2/c1-13-9-5-3-2-4-8(9)12-11(13)10(15)6-7-14/h2-7,14H,1H3. The molecule has 0 saturated heterocycles. The number of aliphatic hydroxyl groups excluding tert-OH is 1. The van der Waals surface area contributed by atoms with Gasteiger partial charge >= 0.3 is 0 Å². The zero-order chi connectivity index (χ0) is 10.8. The first-order valence-electron chi connectivity index (χ1n) is 4.50. The summed E-state index contributed by atoms with van der Waals surface area (Å²) in [5, 5.41) is 8.53. The molecule has 0 aliphatic heterocycles. The van der Waals surface area contributed by atoms with Gasteiger partial charge in [-0.1, -0.05) is 12.1 Å². The Morgan fingerprint density at radius 3 is 2.87 bits per heavy atom. The van der Waals surface area contributed by atoms with E-state index in [9.17, 15) is 4.79 Å². The van der Waals surface area contributed by atoms with E-state index in [1.807, 2.05) is 24.3 Å². The minimum Gasteiger partial charge on any atom is -0.515 e. The summed E-state index contributed by atoms with van der Waals surface area (Å²) >= 11 is 0. The number of hydrogen-bond acceptors (Lipinski definition) is 3. The largest absolute Gasteiger partial charge is 0.515 e. The number of carbonyl (C=O) groups excluding carboxylic acids is 1. The summed E-state index contributed by atoms with van der Waals surface area (Å²) in [6.45, 7) is 0. The molecule has 0 unspecified atom stereocenters. The summed E-state index contributed by atoms with van der Waals surface area (Å²) < 4.78 is 1.71. The van der Waals surface area contributed by atoms with Crippen molar-refractivity contribution in [3.8, 4) is 0 Å². The van der Waals surface area contributed by atoms with E-state index in [0.29, 0.717) is 5.82 Å². The lowest BCUT2D eigenvalue weighted by molar-refractivity contribution is 0.103. The molecule has 1 N–H and O–H groups in total. The normalized spacial score (nSPS) is 11.3. The van der Waals surface area contributed by atoms with Gasteiger partial charge in [-0.3, -0.25) is 4.79 Å². The van der Waals surface area contributed by atoms with Crippen LogP contribution in [0.25, 0.3) is 11.0 Å². The van der Waals surface area contributed by atoms with Crippen molar-refractivity contribution in [1.29, 1.82) is 0 Å². The van der Waals surface area contributed by atoms with Gasteiger partial charge in [0.1, 0.15) is 0 Å². The first kappa shape index (κ1) is 9.45. The van der Waals surface area contributed by atoms with Crippen molar-refractivity contribution < 1.29 is 9.90 Å². The SMILES string of the molecule is Cn1c(C(=O)C=CO)nc2ccccc21. The number of fused-ring (bicyclic) bond motifs is 1. The predicted molar refractivity (Wildman–Crippen MR) is 56.8 cm³/mol. The Hall–Kier alpha value is -2.10. The lowest BCUT2D eigenvalue weighted by atomic mass is 10.3. The Morgan fingerprint density at radius 1 is 1.47 bits per heavy atom. The van der Waals surface area contributed by atoms with Crippen molar-refractivity contribution in [3.63, 3.8) is 0 Å². The molecule has 0 spiro atoms. The lowest BCUT2D eigenvalue weighted by Crippen LogP contribution is -2.04. The predicted octanol–water partition coefficient (Wildman–Crippen LogP) is 1.83. The van der Waals surface area contributed by atoms with Crippen LogP contribution in [0.1, 0.15) is 10.6 Å². The number of benzene rings is 1. The van der Waals surface area contributed by atoms with E-state index in [0.717, 1.165) is 23.4 Å². The van der Waals surface area contributed by atoms with Crippen LogP contribution in [0.15, 0.2) is 36.6 Å². The third-order valence-electron chi connectivity index (χ3n) is 2.23. The molecule has 0 aliphatic carbocycles. The summed E-state index contributed by atoms with van der Waals surface area (Å²) in [7, 11) is 1.77. The number of para-hydroxylation sites is 2. The molecule has 0 atom stereocenters. The quantitative estimate of drug-likeness (QED) is 0.459. The zero-order valence-electron chi connectivity index (χ0n) is 8.21. The Bertz CT molecular complexity index is 541. The van der Waals surface area contributed by atoms with E-state index in [1.165, 1.54) is 0 Å². The van der Waals surface area contributed by atoms with Gasteiger partial charge in [-0.25, -0.2) is 4.98 Å². The van der Waals surface area contributed by atoms with Gasteiger partial charge in [0.25, 0.3) is 0 Å². The first-order valence-corrected chi connectivity index (χ1v) is 4.50. The van der Waals surface area contributed by atoms with Gasteiger partial charge in [0.2, 0.25) is 5.78 Å². The summed E-state index contributed by atoms with van der Waals surface area (Å²) in [4.78, 5) is 15.7. The Kier molecular flexibility index (Phi) is 2.25. The lowest BCUT2D eigenvalue weighted by Gasteiger charge is -1.96. The smallest absolute Gasteiger partial charge is 0.224 e. The minimum absolute atomic E-state index is 0.309. The minimum atomic E-state index is -0.309. The molecule has 4 heteroatoms. The number of aryl methyl sites for hydroxylation is 1. The highest BCUT2D eigenvalue weighted by molar-refractivity contribution is 6.03. The molecule has 0 fully saturated rings. The van der Waals surface area contributed by atoms with Gasteiger partial charge < -0.3 is 9.67 Å².